The van der Waals surface area contributed by atoms with Gasteiger partial charge in [0.1, 0.15) is 0 Å². The number of benzene rings is 7. The molecule has 0 saturated heterocycles. The highest BCUT2D eigenvalue weighted by atomic mass is 15.1. The number of nitrogens with zero attached hydrogens (tertiary/aromatic N) is 1. The van der Waals surface area contributed by atoms with Crippen LogP contribution in [0, 0.1) is 0 Å². The molecule has 0 fully saturated rings. The van der Waals surface area contributed by atoms with Crippen molar-refractivity contribution in [3.8, 4) is 33.4 Å². The lowest BCUT2D eigenvalue weighted by atomic mass is 9.70. The van der Waals surface area contributed by atoms with Crippen LogP contribution in [-0.4, -0.2) is 0 Å². The van der Waals surface area contributed by atoms with Crippen LogP contribution < -0.4 is 4.90 Å². The monoisotopic (exact) mass is 707 g/mol. The molecule has 0 heterocycles. The molecule has 266 valence electrons. The molecule has 3 aliphatic carbocycles. The van der Waals surface area contributed by atoms with Crippen LogP contribution in [0.5, 0.6) is 0 Å². The van der Waals surface area contributed by atoms with Gasteiger partial charge in [0.25, 0.3) is 0 Å². The second kappa shape index (κ2) is 13.3. The molecule has 0 bridgehead atoms. The van der Waals surface area contributed by atoms with Gasteiger partial charge in [0.2, 0.25) is 0 Å². The molecule has 1 nitrogen and oxygen atoms in total. The van der Waals surface area contributed by atoms with Crippen molar-refractivity contribution in [2.75, 3.05) is 4.90 Å². The molecule has 1 spiro atoms. The summed E-state index contributed by atoms with van der Waals surface area (Å²) in [6.45, 7) is 4.84. The molecule has 0 radical (unpaired) electrons. The molecular formula is C54H45N. The number of anilines is 3. The number of fused-ring (bicyclic) bond motifs is 11. The van der Waals surface area contributed by atoms with Gasteiger partial charge in [-0.3, -0.25) is 0 Å². The first-order chi connectivity index (χ1) is 27.1. The van der Waals surface area contributed by atoms with Crippen molar-refractivity contribution in [1.82, 2.24) is 0 Å². The lowest BCUT2D eigenvalue weighted by Crippen LogP contribution is -2.26. The molecule has 3 aliphatic rings. The zero-order valence-electron chi connectivity index (χ0n) is 31.7. The van der Waals surface area contributed by atoms with Crippen molar-refractivity contribution in [3.63, 3.8) is 0 Å². The Hall–Kier alpha value is -6.18. The standard InChI is InChI=1S/C54H45N/c1-3-53(2)36-17-6-4-5-8-21-40-32-35-42(37-50(40)53)55(41-33-30-39(31-34-41)38-19-9-7-10-20-38)51-29-18-28-49-52(51)45-24-13-16-27-48(45)54(49)46-25-14-11-22-43(46)44-23-12-15-26-47(44)54/h4-16,18-20,22-35,37H,3,17,21,36H2,1-2H3/b6-4-,8-5-. The summed E-state index contributed by atoms with van der Waals surface area (Å²) >= 11 is 0. The van der Waals surface area contributed by atoms with Gasteiger partial charge >= 0.3 is 0 Å². The molecule has 7 aromatic rings. The second-order valence-electron chi connectivity index (χ2n) is 15.7. The summed E-state index contributed by atoms with van der Waals surface area (Å²) in [7, 11) is 0. The van der Waals surface area contributed by atoms with Crippen LogP contribution in [0.4, 0.5) is 17.1 Å². The molecule has 0 saturated carbocycles. The van der Waals surface area contributed by atoms with Gasteiger partial charge in [-0.1, -0.05) is 172 Å². The molecule has 55 heavy (non-hydrogen) atoms. The summed E-state index contributed by atoms with van der Waals surface area (Å²) in [5.74, 6) is 0. The normalized spacial score (nSPS) is 18.4. The lowest BCUT2D eigenvalue weighted by Gasteiger charge is -2.34. The molecule has 0 aliphatic heterocycles. The van der Waals surface area contributed by atoms with E-state index in [0.29, 0.717) is 0 Å². The van der Waals surface area contributed by atoms with Crippen LogP contribution in [0.1, 0.15) is 66.5 Å². The Bertz CT molecular complexity index is 2580. The van der Waals surface area contributed by atoms with Gasteiger partial charge in [-0.2, -0.15) is 0 Å². The molecule has 0 aromatic heterocycles. The fourth-order valence-electron chi connectivity index (χ4n) is 9.97. The van der Waals surface area contributed by atoms with E-state index < -0.39 is 5.41 Å². The van der Waals surface area contributed by atoms with Crippen molar-refractivity contribution in [2.45, 2.75) is 50.4 Å². The molecule has 1 atom stereocenters. The van der Waals surface area contributed by atoms with Gasteiger partial charge in [0.15, 0.2) is 0 Å². The minimum atomic E-state index is -0.401. The van der Waals surface area contributed by atoms with Gasteiger partial charge in [0, 0.05) is 16.9 Å². The Labute approximate surface area is 326 Å². The summed E-state index contributed by atoms with van der Waals surface area (Å²) < 4.78 is 0. The maximum absolute atomic E-state index is 2.54. The SMILES string of the molecule is CCC1(C)CC/C=C\C=C/Cc2ccc(N(c3ccc(-c4ccccc4)cc3)c3cccc4c3-c3ccccc3C43c4ccccc4-c4ccccc43)cc21. The lowest BCUT2D eigenvalue weighted by molar-refractivity contribution is 0.419. The Morgan fingerprint density at radius 2 is 1.09 bits per heavy atom. The van der Waals surface area contributed by atoms with Crippen molar-refractivity contribution < 1.29 is 0 Å². The van der Waals surface area contributed by atoms with Crippen LogP contribution in [0.2, 0.25) is 0 Å². The average molecular weight is 708 g/mol. The largest absolute Gasteiger partial charge is 0.310 e. The molecule has 7 aromatic carbocycles. The average Bonchev–Trinajstić information content (AvgIpc) is 3.72. The smallest absolute Gasteiger partial charge is 0.0726 e. The molecule has 1 heteroatoms. The van der Waals surface area contributed by atoms with Crippen LogP contribution in [0.3, 0.4) is 0 Å². The quantitative estimate of drug-likeness (QED) is 0.172. The molecule has 1 unspecified atom stereocenters. The zero-order chi connectivity index (χ0) is 37.0. The Morgan fingerprint density at radius 1 is 0.509 bits per heavy atom. The Balaban J connectivity index is 1.24. The van der Waals surface area contributed by atoms with E-state index in [1.807, 2.05) is 0 Å². The zero-order valence-corrected chi connectivity index (χ0v) is 31.7. The molecule has 0 amide bonds. The van der Waals surface area contributed by atoms with E-state index in [9.17, 15) is 0 Å². The van der Waals surface area contributed by atoms with Gasteiger partial charge in [-0.15, -0.1) is 0 Å². The van der Waals surface area contributed by atoms with Gasteiger partial charge in [0.05, 0.1) is 11.1 Å². The predicted molar refractivity (Wildman–Crippen MR) is 232 cm³/mol. The summed E-state index contributed by atoms with van der Waals surface area (Å²) in [6, 6.07) is 61.6. The van der Waals surface area contributed by atoms with Crippen molar-refractivity contribution in [2.24, 2.45) is 0 Å². The highest BCUT2D eigenvalue weighted by Gasteiger charge is 2.52. The van der Waals surface area contributed by atoms with Crippen LogP contribution in [0.25, 0.3) is 33.4 Å². The minimum Gasteiger partial charge on any atom is -0.310 e. The van der Waals surface area contributed by atoms with E-state index >= 15 is 0 Å². The maximum Gasteiger partial charge on any atom is 0.0726 e. The number of hydrogen-bond donors (Lipinski definition) is 0. The topological polar surface area (TPSA) is 3.24 Å². The minimum absolute atomic E-state index is 0.0518. The molecular weight excluding hydrogens is 663 g/mol. The summed E-state index contributed by atoms with van der Waals surface area (Å²) in [5.41, 5.74) is 19.2. The molecule has 0 N–H and O–H groups in total. The summed E-state index contributed by atoms with van der Waals surface area (Å²) in [4.78, 5) is 2.54. The second-order valence-corrected chi connectivity index (χ2v) is 15.7. The van der Waals surface area contributed by atoms with Gasteiger partial charge < -0.3 is 4.90 Å². The van der Waals surface area contributed by atoms with Crippen LogP contribution >= 0.6 is 0 Å². The van der Waals surface area contributed by atoms with E-state index in [1.54, 1.807) is 0 Å². The third-order valence-electron chi connectivity index (χ3n) is 12.8. The van der Waals surface area contributed by atoms with Crippen molar-refractivity contribution in [3.05, 3.63) is 221 Å². The van der Waals surface area contributed by atoms with Gasteiger partial charge in [-0.05, 0) is 123 Å². The Morgan fingerprint density at radius 3 is 1.80 bits per heavy atom. The number of hydrogen-bond acceptors (Lipinski definition) is 1. The first-order valence-electron chi connectivity index (χ1n) is 20.0. The number of rotatable bonds is 5. The highest BCUT2D eigenvalue weighted by Crippen LogP contribution is 2.64. The number of allylic oxidation sites excluding steroid dienone is 4. The third-order valence-corrected chi connectivity index (χ3v) is 12.8. The van der Waals surface area contributed by atoms with E-state index in [4.69, 9.17) is 0 Å². The van der Waals surface area contributed by atoms with Crippen LogP contribution in [-0.2, 0) is 17.3 Å². The fraction of sp³-hybridized carbons (Fsp3) is 0.148. The summed E-state index contributed by atoms with van der Waals surface area (Å²) in [6.07, 6.45) is 13.3. The van der Waals surface area contributed by atoms with Gasteiger partial charge in [-0.25, -0.2) is 0 Å². The molecule has 10 rings (SSSR count). The first kappa shape index (κ1) is 33.4. The predicted octanol–water partition coefficient (Wildman–Crippen LogP) is 14.3. The highest BCUT2D eigenvalue weighted by molar-refractivity contribution is 6.01. The van der Waals surface area contributed by atoms with E-state index in [-0.39, 0.29) is 5.41 Å². The Kier molecular flexibility index (Phi) is 8.07. The first-order valence-corrected chi connectivity index (χ1v) is 20.0. The van der Waals surface area contributed by atoms with E-state index in [1.165, 1.54) is 78.1 Å². The van der Waals surface area contributed by atoms with Crippen molar-refractivity contribution in [1.29, 1.82) is 0 Å². The van der Waals surface area contributed by atoms with Crippen LogP contribution in [0.15, 0.2) is 188 Å². The maximum atomic E-state index is 2.54. The van der Waals surface area contributed by atoms with E-state index in [2.05, 4.69) is 207 Å². The van der Waals surface area contributed by atoms with Crippen molar-refractivity contribution >= 4 is 17.1 Å². The summed E-state index contributed by atoms with van der Waals surface area (Å²) in [5, 5.41) is 0. The third kappa shape index (κ3) is 5.14. The fourth-order valence-corrected chi connectivity index (χ4v) is 9.97. The van der Waals surface area contributed by atoms with E-state index in [0.717, 1.165) is 31.4 Å².